The highest BCUT2D eigenvalue weighted by Gasteiger charge is 2.47. The molecule has 1 saturated carbocycles. The molecule has 220 valence electrons. The zero-order chi connectivity index (χ0) is 29.6. The molecule has 11 heteroatoms. The SMILES string of the molecule is CC1COCCN(Cc2cc3c(c(C(F)(F)F)c2)CN(c2cccc(C4(Cc5nncn5C)CC(C#N)C4)c2)C3=O)C1. The number of aryl methyl sites for hydroxylation is 1. The highest BCUT2D eigenvalue weighted by Crippen LogP contribution is 2.50. The van der Waals surface area contributed by atoms with Crippen molar-refractivity contribution < 1.29 is 22.7 Å². The largest absolute Gasteiger partial charge is 0.416 e. The molecule has 0 bridgehead atoms. The summed E-state index contributed by atoms with van der Waals surface area (Å²) in [7, 11) is 1.87. The van der Waals surface area contributed by atoms with Gasteiger partial charge in [0.15, 0.2) is 0 Å². The maximum absolute atomic E-state index is 14.3. The van der Waals surface area contributed by atoms with Crippen LogP contribution >= 0.6 is 0 Å². The highest BCUT2D eigenvalue weighted by atomic mass is 19.4. The monoisotopic (exact) mass is 578 g/mol. The number of alkyl halides is 3. The average Bonchev–Trinajstić information content (AvgIpc) is 3.41. The quantitative estimate of drug-likeness (QED) is 0.415. The zero-order valence-electron chi connectivity index (χ0n) is 23.7. The molecule has 1 saturated heterocycles. The molecule has 3 heterocycles. The minimum Gasteiger partial charge on any atom is -0.380 e. The van der Waals surface area contributed by atoms with E-state index in [1.807, 2.05) is 29.8 Å². The summed E-state index contributed by atoms with van der Waals surface area (Å²) in [4.78, 5) is 17.3. The normalized spacial score (nSPS) is 24.7. The van der Waals surface area contributed by atoms with Crippen LogP contribution in [0.5, 0.6) is 0 Å². The van der Waals surface area contributed by atoms with E-state index in [2.05, 4.69) is 28.1 Å². The van der Waals surface area contributed by atoms with Crippen LogP contribution in [0.3, 0.4) is 0 Å². The minimum absolute atomic E-state index is 0.0104. The van der Waals surface area contributed by atoms with Crippen molar-refractivity contribution in [2.24, 2.45) is 18.9 Å². The van der Waals surface area contributed by atoms with Gasteiger partial charge < -0.3 is 14.2 Å². The van der Waals surface area contributed by atoms with Crippen LogP contribution in [0.15, 0.2) is 42.7 Å². The Labute approximate surface area is 242 Å². The summed E-state index contributed by atoms with van der Waals surface area (Å²) < 4.78 is 50.5. The first-order chi connectivity index (χ1) is 20.1. The lowest BCUT2D eigenvalue weighted by Crippen LogP contribution is -2.43. The van der Waals surface area contributed by atoms with Gasteiger partial charge in [-0.1, -0.05) is 19.1 Å². The van der Waals surface area contributed by atoms with E-state index in [4.69, 9.17) is 4.74 Å². The van der Waals surface area contributed by atoms with E-state index in [0.717, 1.165) is 11.4 Å². The van der Waals surface area contributed by atoms with Crippen molar-refractivity contribution in [3.8, 4) is 6.07 Å². The Kier molecular flexibility index (Phi) is 7.31. The molecule has 1 aromatic heterocycles. The number of nitrogens with zero attached hydrogens (tertiary/aromatic N) is 6. The lowest BCUT2D eigenvalue weighted by molar-refractivity contribution is -0.138. The Morgan fingerprint density at radius 3 is 2.74 bits per heavy atom. The van der Waals surface area contributed by atoms with Gasteiger partial charge in [-0.05, 0) is 59.7 Å². The molecule has 6 rings (SSSR count). The Morgan fingerprint density at radius 2 is 2.02 bits per heavy atom. The summed E-state index contributed by atoms with van der Waals surface area (Å²) in [5.74, 6) is 0.526. The summed E-state index contributed by atoms with van der Waals surface area (Å²) >= 11 is 0. The Hall–Kier alpha value is -3.75. The van der Waals surface area contributed by atoms with Crippen LogP contribution < -0.4 is 4.90 Å². The molecule has 0 radical (unpaired) electrons. The van der Waals surface area contributed by atoms with E-state index < -0.39 is 17.6 Å². The molecule has 2 aliphatic heterocycles. The van der Waals surface area contributed by atoms with E-state index in [-0.39, 0.29) is 34.9 Å². The van der Waals surface area contributed by atoms with E-state index in [1.165, 1.54) is 11.0 Å². The number of aromatic nitrogens is 3. The fraction of sp³-hybridized carbons (Fsp3) is 0.484. The number of hydrogen-bond donors (Lipinski definition) is 0. The number of carbonyl (C=O) groups excluding carboxylic acids is 1. The van der Waals surface area contributed by atoms with Gasteiger partial charge in [0, 0.05) is 55.7 Å². The first-order valence-electron chi connectivity index (χ1n) is 14.2. The van der Waals surface area contributed by atoms with E-state index in [9.17, 15) is 23.2 Å². The number of amides is 1. The molecule has 3 aliphatic rings. The molecule has 0 N–H and O–H groups in total. The maximum Gasteiger partial charge on any atom is 0.416 e. The number of carbonyl (C=O) groups is 1. The molecule has 2 aromatic carbocycles. The van der Waals surface area contributed by atoms with Crippen LogP contribution in [0, 0.1) is 23.2 Å². The van der Waals surface area contributed by atoms with E-state index in [1.54, 1.807) is 18.5 Å². The molecular weight excluding hydrogens is 545 g/mol. The van der Waals surface area contributed by atoms with E-state index >= 15 is 0 Å². The van der Waals surface area contributed by atoms with Crippen molar-refractivity contribution in [1.82, 2.24) is 19.7 Å². The van der Waals surface area contributed by atoms with Crippen molar-refractivity contribution in [3.05, 3.63) is 76.4 Å². The van der Waals surface area contributed by atoms with Gasteiger partial charge >= 0.3 is 6.18 Å². The molecule has 1 atom stereocenters. The smallest absolute Gasteiger partial charge is 0.380 e. The van der Waals surface area contributed by atoms with Gasteiger partial charge in [-0.15, -0.1) is 10.2 Å². The molecule has 1 unspecified atom stereocenters. The molecule has 2 fully saturated rings. The van der Waals surface area contributed by atoms with Gasteiger partial charge in [0.1, 0.15) is 12.2 Å². The van der Waals surface area contributed by atoms with Crippen LogP contribution in [0.4, 0.5) is 18.9 Å². The third kappa shape index (κ3) is 5.29. The van der Waals surface area contributed by atoms with Crippen molar-refractivity contribution in [1.29, 1.82) is 5.26 Å². The fourth-order valence-electron chi connectivity index (χ4n) is 6.72. The topological polar surface area (TPSA) is 87.3 Å². The Morgan fingerprint density at radius 1 is 1.21 bits per heavy atom. The van der Waals surface area contributed by atoms with Crippen LogP contribution in [0.2, 0.25) is 0 Å². The zero-order valence-corrected chi connectivity index (χ0v) is 23.7. The van der Waals surface area contributed by atoms with Crippen molar-refractivity contribution in [2.45, 2.75) is 50.9 Å². The number of nitriles is 1. The Balaban J connectivity index is 1.31. The van der Waals surface area contributed by atoms with Gasteiger partial charge in [-0.2, -0.15) is 18.4 Å². The van der Waals surface area contributed by atoms with Gasteiger partial charge in [0.2, 0.25) is 0 Å². The second kappa shape index (κ2) is 10.8. The van der Waals surface area contributed by atoms with E-state index in [0.29, 0.717) is 63.4 Å². The third-order valence-electron chi connectivity index (χ3n) is 8.87. The number of fused-ring (bicyclic) bond motifs is 1. The van der Waals surface area contributed by atoms with Gasteiger partial charge in [0.25, 0.3) is 5.91 Å². The second-order valence-corrected chi connectivity index (χ2v) is 12.1. The second-order valence-electron chi connectivity index (χ2n) is 12.1. The van der Waals surface area contributed by atoms with Crippen molar-refractivity contribution in [3.63, 3.8) is 0 Å². The highest BCUT2D eigenvalue weighted by molar-refractivity contribution is 6.10. The molecule has 8 nitrogen and oxygen atoms in total. The molecule has 0 spiro atoms. The lowest BCUT2D eigenvalue weighted by atomic mass is 9.57. The summed E-state index contributed by atoms with van der Waals surface area (Å²) in [6, 6.07) is 12.6. The molecular formula is C31H33F3N6O2. The predicted molar refractivity (Wildman–Crippen MR) is 148 cm³/mol. The molecule has 42 heavy (non-hydrogen) atoms. The van der Waals surface area contributed by atoms with Crippen LogP contribution in [-0.2, 0) is 42.9 Å². The third-order valence-corrected chi connectivity index (χ3v) is 8.87. The van der Waals surface area contributed by atoms with Crippen molar-refractivity contribution in [2.75, 3.05) is 31.2 Å². The number of halogens is 3. The molecule has 1 amide bonds. The molecule has 1 aliphatic carbocycles. The number of ether oxygens (including phenoxy) is 1. The lowest BCUT2D eigenvalue weighted by Gasteiger charge is -2.45. The number of rotatable bonds is 6. The van der Waals surface area contributed by atoms with Gasteiger partial charge in [0.05, 0.1) is 31.4 Å². The standard InChI is InChI=1S/C31H33F3N6O2/c1-20-15-39(6-7-42-18-20)16-21-8-25-26(27(9-21)31(32,33)34)17-40(29(25)41)24-5-3-4-23(10-24)30(11-22(12-30)14-35)13-28-37-36-19-38(28)2/h3-5,8-10,19-20,22H,6-7,11-13,15-18H2,1-2H3. The van der Waals surface area contributed by atoms with Gasteiger partial charge in [-0.25, -0.2) is 0 Å². The predicted octanol–water partition coefficient (Wildman–Crippen LogP) is 4.88. The fourth-order valence-corrected chi connectivity index (χ4v) is 6.72. The van der Waals surface area contributed by atoms with Crippen molar-refractivity contribution >= 4 is 11.6 Å². The summed E-state index contributed by atoms with van der Waals surface area (Å²) in [6.07, 6.45) is -1.12. The first-order valence-corrected chi connectivity index (χ1v) is 14.2. The van der Waals surface area contributed by atoms with Crippen LogP contribution in [-0.4, -0.2) is 51.9 Å². The first kappa shape index (κ1) is 28.4. The average molecular weight is 579 g/mol. The minimum atomic E-state index is -4.59. The summed E-state index contributed by atoms with van der Waals surface area (Å²) in [5.41, 5.74) is 0.939. The number of anilines is 1. The summed E-state index contributed by atoms with van der Waals surface area (Å²) in [6.45, 7) is 4.71. The Bertz CT molecular complexity index is 1540. The van der Waals surface area contributed by atoms with Gasteiger partial charge in [-0.3, -0.25) is 9.69 Å². The summed E-state index contributed by atoms with van der Waals surface area (Å²) in [5, 5.41) is 17.7. The maximum atomic E-state index is 14.3. The number of hydrogen-bond acceptors (Lipinski definition) is 6. The molecule has 3 aromatic rings. The van der Waals surface area contributed by atoms with Crippen LogP contribution in [0.25, 0.3) is 0 Å². The number of benzene rings is 2. The van der Waals surface area contributed by atoms with Crippen LogP contribution in [0.1, 0.15) is 58.2 Å².